The molecule has 0 amide bonds. The van der Waals surface area contributed by atoms with Gasteiger partial charge in [0.05, 0.1) is 0 Å². The van der Waals surface area contributed by atoms with Gasteiger partial charge in [0.15, 0.2) is 0 Å². The second kappa shape index (κ2) is 20.9. The van der Waals surface area contributed by atoms with E-state index >= 15 is 0 Å². The molecule has 0 saturated carbocycles. The van der Waals surface area contributed by atoms with Crippen LogP contribution >= 0.6 is 0 Å². The van der Waals surface area contributed by atoms with E-state index < -0.39 is 12.4 Å². The minimum absolute atomic E-state index is 0. The van der Waals surface area contributed by atoms with Crippen molar-refractivity contribution in [3.63, 3.8) is 0 Å². The van der Waals surface area contributed by atoms with Crippen molar-refractivity contribution in [1.82, 2.24) is 0 Å². The zero-order chi connectivity index (χ0) is 10.7. The monoisotopic (exact) mass is 250 g/mol. The third kappa shape index (κ3) is 21.4. The number of carbonyl (C=O) groups excluding carboxylic acids is 2. The molecule has 0 N–H and O–H groups in total. The van der Waals surface area contributed by atoms with Crippen LogP contribution in [0.5, 0.6) is 0 Å². The molecule has 0 aliphatic carbocycles. The van der Waals surface area contributed by atoms with Crippen LogP contribution in [0.2, 0.25) is 0 Å². The van der Waals surface area contributed by atoms with Crippen LogP contribution in [0.3, 0.4) is 0 Å². The van der Waals surface area contributed by atoms with E-state index in [2.05, 4.69) is 6.92 Å². The molecule has 4 nitrogen and oxygen atoms in total. The molecule has 0 aromatic heterocycles. The van der Waals surface area contributed by atoms with E-state index in [-0.39, 0.29) is 86.9 Å². The molecule has 0 bridgehead atoms. The van der Waals surface area contributed by atoms with E-state index in [9.17, 15) is 9.90 Å². The van der Waals surface area contributed by atoms with Gasteiger partial charge in [0.1, 0.15) is 0 Å². The Labute approximate surface area is 156 Å². The zero-order valence-corrected chi connectivity index (χ0v) is 15.2. The summed E-state index contributed by atoms with van der Waals surface area (Å²) in [5, 5.41) is 18.6. The Morgan fingerprint density at radius 3 is 2.00 bits per heavy atom. The van der Waals surface area contributed by atoms with E-state index in [1.165, 1.54) is 0 Å². The molecule has 1 atom stereocenters. The van der Waals surface area contributed by atoms with E-state index in [1.807, 2.05) is 6.92 Å². The average molecular weight is 250 g/mol. The molecule has 0 aliphatic heterocycles. The van der Waals surface area contributed by atoms with Gasteiger partial charge in [-0.05, 0) is 18.8 Å². The Morgan fingerprint density at radius 2 is 1.80 bits per heavy atom. The first-order valence-electron chi connectivity index (χ1n) is 4.40. The number of carbonyl (C=O) groups is 2. The van der Waals surface area contributed by atoms with Crippen molar-refractivity contribution >= 4 is 12.4 Å². The van der Waals surface area contributed by atoms with E-state index in [1.54, 1.807) is 0 Å². The fourth-order valence-corrected chi connectivity index (χ4v) is 0.939. The van der Waals surface area contributed by atoms with Gasteiger partial charge in [-0.1, -0.05) is 26.7 Å². The van der Waals surface area contributed by atoms with Crippen molar-refractivity contribution in [2.75, 3.05) is 0 Å². The predicted octanol–water partition coefficient (Wildman–Crippen LogP) is -6.67. The number of carboxylic acids is 1. The van der Waals surface area contributed by atoms with Gasteiger partial charge >= 0.3 is 80.9 Å². The molecule has 0 saturated heterocycles. The van der Waals surface area contributed by atoms with Crippen molar-refractivity contribution in [2.24, 2.45) is 5.92 Å². The van der Waals surface area contributed by atoms with Crippen LogP contribution in [-0.2, 0) is 9.59 Å². The number of aliphatic carboxylic acids is 1. The van der Waals surface area contributed by atoms with Crippen LogP contribution in [0.4, 0.5) is 0 Å². The van der Waals surface area contributed by atoms with Gasteiger partial charge in [0, 0.05) is 12.4 Å². The van der Waals surface area contributed by atoms with Gasteiger partial charge in [-0.15, -0.1) is 0 Å². The minimum Gasteiger partial charge on any atom is -0.554 e. The Hall–Kier alpha value is 1.58. The molecule has 0 radical (unpaired) electrons. The minimum atomic E-state index is -0.893. The van der Waals surface area contributed by atoms with Crippen LogP contribution in [0.1, 0.15) is 39.5 Å². The maximum atomic E-state index is 10.3. The van der Waals surface area contributed by atoms with Crippen molar-refractivity contribution in [3.8, 4) is 0 Å². The molecule has 0 spiro atoms. The summed E-state index contributed by atoms with van der Waals surface area (Å²) in [6.07, 6.45) is 3.52. The van der Waals surface area contributed by atoms with Gasteiger partial charge in [-0.3, -0.25) is 0 Å². The first-order chi connectivity index (χ1) is 6.13. The first kappa shape index (κ1) is 25.4. The quantitative estimate of drug-likeness (QED) is 0.359. The van der Waals surface area contributed by atoms with Crippen LogP contribution in [0, 0.1) is 5.92 Å². The summed E-state index contributed by atoms with van der Waals surface area (Å²) in [6, 6.07) is 0. The molecule has 0 aromatic carbocycles. The number of unbranched alkanes of at least 4 members (excludes halogenated alkanes) is 1. The van der Waals surface area contributed by atoms with Crippen molar-refractivity contribution < 1.29 is 101 Å². The van der Waals surface area contributed by atoms with E-state index in [4.69, 9.17) is 9.90 Å². The SMILES string of the molecule is CCCCC(CC)C(=O)[O-].O=C[O-].[K+].[Na+]. The predicted molar refractivity (Wildman–Crippen MR) is 44.4 cm³/mol. The normalized spacial score (nSPS) is 9.47. The van der Waals surface area contributed by atoms with Gasteiger partial charge in [-0.25, -0.2) is 0 Å². The molecule has 0 fully saturated rings. The van der Waals surface area contributed by atoms with Crippen LogP contribution in [0.25, 0.3) is 0 Å². The summed E-state index contributed by atoms with van der Waals surface area (Å²) in [4.78, 5) is 18.6. The molecule has 1 unspecified atom stereocenters. The summed E-state index contributed by atoms with van der Waals surface area (Å²) < 4.78 is 0. The van der Waals surface area contributed by atoms with E-state index in [0.717, 1.165) is 19.3 Å². The fraction of sp³-hybridized carbons (Fsp3) is 0.778. The van der Waals surface area contributed by atoms with Crippen LogP contribution < -0.4 is 91.2 Å². The fourth-order valence-electron chi connectivity index (χ4n) is 0.939. The number of hydrogen-bond acceptors (Lipinski definition) is 4. The van der Waals surface area contributed by atoms with Gasteiger partial charge in [0.25, 0.3) is 0 Å². The number of carboxylic acid groups (broad SMARTS) is 2. The largest absolute Gasteiger partial charge is 1.00 e. The molecule has 0 rings (SSSR count). The number of rotatable bonds is 5. The molecule has 0 aliphatic rings. The molecule has 78 valence electrons. The van der Waals surface area contributed by atoms with Crippen molar-refractivity contribution in [2.45, 2.75) is 39.5 Å². The Bertz CT molecular complexity index is 144. The Morgan fingerprint density at radius 1 is 1.40 bits per heavy atom. The summed E-state index contributed by atoms with van der Waals surface area (Å²) in [7, 11) is 0. The molecule has 15 heavy (non-hydrogen) atoms. The van der Waals surface area contributed by atoms with E-state index in [0.29, 0.717) is 6.42 Å². The van der Waals surface area contributed by atoms with Gasteiger partial charge < -0.3 is 19.8 Å². The summed E-state index contributed by atoms with van der Waals surface area (Å²) in [5.41, 5.74) is 0. The zero-order valence-electron chi connectivity index (χ0n) is 10.1. The molecule has 0 aromatic rings. The number of hydrogen-bond donors (Lipinski definition) is 0. The summed E-state index contributed by atoms with van der Waals surface area (Å²) in [5.74, 6) is -1.11. The Balaban J connectivity index is -0.000000108. The van der Waals surface area contributed by atoms with Crippen molar-refractivity contribution in [1.29, 1.82) is 0 Å². The summed E-state index contributed by atoms with van der Waals surface area (Å²) in [6.45, 7) is 3.44. The van der Waals surface area contributed by atoms with Crippen molar-refractivity contribution in [3.05, 3.63) is 0 Å². The first-order valence-corrected chi connectivity index (χ1v) is 4.40. The van der Waals surface area contributed by atoms with Gasteiger partial charge in [-0.2, -0.15) is 0 Å². The molecule has 6 heteroatoms. The maximum Gasteiger partial charge on any atom is 1.00 e. The average Bonchev–Trinajstić information content (AvgIpc) is 2.06. The van der Waals surface area contributed by atoms with Crippen LogP contribution in [-0.4, -0.2) is 12.4 Å². The topological polar surface area (TPSA) is 80.3 Å². The second-order valence-corrected chi connectivity index (χ2v) is 2.66. The third-order valence-corrected chi connectivity index (χ3v) is 1.73. The molecule has 0 heterocycles. The standard InChI is InChI=1S/C8H16O2.CH2O2.K.Na/c1-3-5-6-7(4-2)8(9)10;2-1-3;;/h7H,3-6H2,1-2H3,(H,9,10);1H,(H,2,3);;/q;;2*+1/p-2. The molecular weight excluding hydrogens is 234 g/mol. The summed E-state index contributed by atoms with van der Waals surface area (Å²) >= 11 is 0. The maximum absolute atomic E-state index is 10.3. The van der Waals surface area contributed by atoms with Crippen LogP contribution in [0.15, 0.2) is 0 Å². The molecular formula is C9H16KNaO4. The second-order valence-electron chi connectivity index (χ2n) is 2.66. The smallest absolute Gasteiger partial charge is 0.554 e. The third-order valence-electron chi connectivity index (χ3n) is 1.73. The van der Waals surface area contributed by atoms with Gasteiger partial charge in [0.2, 0.25) is 0 Å². The Kier molecular flexibility index (Phi) is 35.5.